The normalized spacial score (nSPS) is 21.3. The molecule has 1 aromatic carbocycles. The standard InChI is InChI=1S/C21H26O4/c1-2-25-20-15(9-8-14-6-4-3-5-7-14)10-11-16-18(22)13-12-17(19(16)20)21(23)24/h8-11,14,17H,2-7,12-13H2,1H3,(H,23,24)/b9-8+. The van der Waals surface area contributed by atoms with Crippen LogP contribution in [-0.2, 0) is 4.79 Å². The van der Waals surface area contributed by atoms with Gasteiger partial charge in [0.2, 0.25) is 0 Å². The topological polar surface area (TPSA) is 63.6 Å². The van der Waals surface area contributed by atoms with Crippen molar-refractivity contribution < 1.29 is 19.4 Å². The highest BCUT2D eigenvalue weighted by Crippen LogP contribution is 2.41. The SMILES string of the molecule is CCOc1c(/C=C/C2CCCCC2)ccc2c1C(C(=O)O)CCC2=O. The monoisotopic (exact) mass is 342 g/mol. The molecule has 0 amide bonds. The number of fused-ring (bicyclic) bond motifs is 1. The smallest absolute Gasteiger partial charge is 0.311 e. The zero-order valence-corrected chi connectivity index (χ0v) is 14.8. The molecule has 2 aliphatic carbocycles. The Kier molecular flexibility index (Phi) is 5.57. The quantitative estimate of drug-likeness (QED) is 0.833. The predicted molar refractivity (Wildman–Crippen MR) is 97.2 cm³/mol. The Morgan fingerprint density at radius 2 is 2.00 bits per heavy atom. The molecule has 1 aromatic rings. The van der Waals surface area contributed by atoms with Gasteiger partial charge < -0.3 is 9.84 Å². The maximum atomic E-state index is 12.3. The predicted octanol–water partition coefficient (Wildman–Crippen LogP) is 4.82. The third-order valence-electron chi connectivity index (χ3n) is 5.32. The molecule has 134 valence electrons. The van der Waals surface area contributed by atoms with Gasteiger partial charge in [-0.2, -0.15) is 0 Å². The zero-order valence-electron chi connectivity index (χ0n) is 14.8. The molecule has 1 unspecified atom stereocenters. The van der Waals surface area contributed by atoms with Crippen molar-refractivity contribution in [2.45, 2.75) is 57.8 Å². The molecule has 25 heavy (non-hydrogen) atoms. The molecule has 1 atom stereocenters. The van der Waals surface area contributed by atoms with E-state index in [1.165, 1.54) is 32.1 Å². The van der Waals surface area contributed by atoms with Crippen LogP contribution in [0.1, 0.15) is 79.3 Å². The number of carbonyl (C=O) groups is 2. The van der Waals surface area contributed by atoms with Crippen molar-refractivity contribution in [3.05, 3.63) is 34.9 Å². The minimum Gasteiger partial charge on any atom is -0.493 e. The molecule has 0 aliphatic heterocycles. The number of rotatable bonds is 5. The van der Waals surface area contributed by atoms with Crippen molar-refractivity contribution in [3.63, 3.8) is 0 Å². The first-order valence-electron chi connectivity index (χ1n) is 9.35. The maximum absolute atomic E-state index is 12.3. The summed E-state index contributed by atoms with van der Waals surface area (Å²) >= 11 is 0. The first-order chi connectivity index (χ1) is 12.1. The van der Waals surface area contributed by atoms with Gasteiger partial charge in [0, 0.05) is 23.1 Å². The van der Waals surface area contributed by atoms with Gasteiger partial charge in [0.25, 0.3) is 0 Å². The van der Waals surface area contributed by atoms with E-state index >= 15 is 0 Å². The Morgan fingerprint density at radius 3 is 2.68 bits per heavy atom. The van der Waals surface area contributed by atoms with Gasteiger partial charge in [0.1, 0.15) is 5.75 Å². The lowest BCUT2D eigenvalue weighted by atomic mass is 9.80. The molecule has 3 rings (SSSR count). The summed E-state index contributed by atoms with van der Waals surface area (Å²) in [6.45, 7) is 2.33. The van der Waals surface area contributed by atoms with Crippen LogP contribution < -0.4 is 4.74 Å². The van der Waals surface area contributed by atoms with Crippen LogP contribution in [0.25, 0.3) is 6.08 Å². The number of ether oxygens (including phenoxy) is 1. The Hall–Kier alpha value is -2.10. The highest BCUT2D eigenvalue weighted by Gasteiger charge is 2.34. The molecule has 0 radical (unpaired) electrons. The number of allylic oxidation sites excluding steroid dienone is 1. The van der Waals surface area contributed by atoms with Crippen molar-refractivity contribution in [1.82, 2.24) is 0 Å². The van der Waals surface area contributed by atoms with Crippen molar-refractivity contribution in [2.24, 2.45) is 5.92 Å². The number of benzene rings is 1. The van der Waals surface area contributed by atoms with E-state index in [0.29, 0.717) is 35.8 Å². The second-order valence-electron chi connectivity index (χ2n) is 6.99. The molecule has 0 heterocycles. The van der Waals surface area contributed by atoms with Gasteiger partial charge in [0.15, 0.2) is 5.78 Å². The van der Waals surface area contributed by atoms with Gasteiger partial charge in [0.05, 0.1) is 12.5 Å². The number of ketones is 1. The van der Waals surface area contributed by atoms with Crippen molar-refractivity contribution in [2.75, 3.05) is 6.61 Å². The third-order valence-corrected chi connectivity index (χ3v) is 5.32. The van der Waals surface area contributed by atoms with Crippen molar-refractivity contribution in [1.29, 1.82) is 0 Å². The number of hydrogen-bond acceptors (Lipinski definition) is 3. The molecule has 1 fully saturated rings. The van der Waals surface area contributed by atoms with Crippen molar-refractivity contribution >= 4 is 17.8 Å². The highest BCUT2D eigenvalue weighted by molar-refractivity contribution is 6.02. The number of carboxylic acid groups (broad SMARTS) is 1. The van der Waals surface area contributed by atoms with E-state index in [0.717, 1.165) is 5.56 Å². The average molecular weight is 342 g/mol. The molecular formula is C21H26O4. The fourth-order valence-corrected chi connectivity index (χ4v) is 4.01. The van der Waals surface area contributed by atoms with Crippen LogP contribution >= 0.6 is 0 Å². The summed E-state index contributed by atoms with van der Waals surface area (Å²) in [5.41, 5.74) is 1.96. The van der Waals surface area contributed by atoms with Gasteiger partial charge in [-0.3, -0.25) is 9.59 Å². The number of aliphatic carboxylic acids is 1. The minimum atomic E-state index is -0.886. The first kappa shape index (κ1) is 17.7. The molecule has 0 aromatic heterocycles. The Labute approximate surface area is 148 Å². The molecular weight excluding hydrogens is 316 g/mol. The molecule has 0 bridgehead atoms. The maximum Gasteiger partial charge on any atom is 0.311 e. The zero-order chi connectivity index (χ0) is 17.8. The summed E-state index contributed by atoms with van der Waals surface area (Å²) < 4.78 is 5.84. The van der Waals surface area contributed by atoms with Gasteiger partial charge in [-0.05, 0) is 32.1 Å². The Morgan fingerprint density at radius 1 is 1.24 bits per heavy atom. The number of carboxylic acids is 1. The summed E-state index contributed by atoms with van der Waals surface area (Å²) in [7, 11) is 0. The van der Waals surface area contributed by atoms with Gasteiger partial charge in [-0.1, -0.05) is 43.5 Å². The molecule has 4 nitrogen and oxygen atoms in total. The molecule has 4 heteroatoms. The largest absolute Gasteiger partial charge is 0.493 e. The van der Waals surface area contributed by atoms with Gasteiger partial charge in [-0.25, -0.2) is 0 Å². The van der Waals surface area contributed by atoms with Crippen LogP contribution in [0.5, 0.6) is 5.75 Å². The van der Waals surface area contributed by atoms with Crippen LogP contribution in [0.15, 0.2) is 18.2 Å². The van der Waals surface area contributed by atoms with E-state index in [1.54, 1.807) is 6.07 Å². The van der Waals surface area contributed by atoms with E-state index in [4.69, 9.17) is 4.74 Å². The summed E-state index contributed by atoms with van der Waals surface area (Å²) in [4.78, 5) is 24.0. The van der Waals surface area contributed by atoms with Gasteiger partial charge >= 0.3 is 5.97 Å². The summed E-state index contributed by atoms with van der Waals surface area (Å²) in [5, 5.41) is 9.60. The van der Waals surface area contributed by atoms with Crippen LogP contribution in [0, 0.1) is 5.92 Å². The van der Waals surface area contributed by atoms with Crippen LogP contribution in [0.3, 0.4) is 0 Å². The number of carbonyl (C=O) groups excluding carboxylic acids is 1. The second kappa shape index (κ2) is 7.85. The Bertz CT molecular complexity index is 683. The summed E-state index contributed by atoms with van der Waals surface area (Å²) in [5.74, 6) is -0.389. The lowest BCUT2D eigenvalue weighted by molar-refractivity contribution is -0.139. The van der Waals surface area contributed by atoms with Crippen LogP contribution in [-0.4, -0.2) is 23.5 Å². The van der Waals surface area contributed by atoms with E-state index in [2.05, 4.69) is 12.2 Å². The number of Topliss-reactive ketones (excluding diaryl/α,β-unsaturated/α-hetero) is 1. The van der Waals surface area contributed by atoms with E-state index in [1.807, 2.05) is 13.0 Å². The summed E-state index contributed by atoms with van der Waals surface area (Å²) in [6, 6.07) is 3.67. The highest BCUT2D eigenvalue weighted by atomic mass is 16.5. The van der Waals surface area contributed by atoms with Crippen LogP contribution in [0.2, 0.25) is 0 Å². The molecule has 0 spiro atoms. The van der Waals surface area contributed by atoms with Crippen molar-refractivity contribution in [3.8, 4) is 5.75 Å². The molecule has 2 aliphatic rings. The number of hydrogen-bond donors (Lipinski definition) is 1. The van der Waals surface area contributed by atoms with E-state index < -0.39 is 11.9 Å². The first-order valence-corrected chi connectivity index (χ1v) is 9.35. The summed E-state index contributed by atoms with van der Waals surface area (Å²) in [6.07, 6.45) is 11.2. The minimum absolute atomic E-state index is 0.0104. The average Bonchev–Trinajstić information content (AvgIpc) is 2.62. The molecule has 1 saturated carbocycles. The second-order valence-corrected chi connectivity index (χ2v) is 6.99. The van der Waals surface area contributed by atoms with E-state index in [9.17, 15) is 14.7 Å². The van der Waals surface area contributed by atoms with E-state index in [-0.39, 0.29) is 12.2 Å². The fourth-order valence-electron chi connectivity index (χ4n) is 4.01. The lowest BCUT2D eigenvalue weighted by Gasteiger charge is -2.25. The Balaban J connectivity index is 2.01. The molecule has 1 N–H and O–H groups in total. The fraction of sp³-hybridized carbons (Fsp3) is 0.524. The van der Waals surface area contributed by atoms with Gasteiger partial charge in [-0.15, -0.1) is 0 Å². The van der Waals surface area contributed by atoms with Crippen LogP contribution in [0.4, 0.5) is 0 Å². The third kappa shape index (κ3) is 3.78. The lowest BCUT2D eigenvalue weighted by Crippen LogP contribution is -2.23. The molecule has 0 saturated heterocycles.